The van der Waals surface area contributed by atoms with E-state index in [1.807, 2.05) is 6.92 Å². The van der Waals surface area contributed by atoms with Crippen LogP contribution in [0.4, 0.5) is 0 Å². The van der Waals surface area contributed by atoms with Gasteiger partial charge in [0.05, 0.1) is 5.02 Å². The van der Waals surface area contributed by atoms with Gasteiger partial charge in [-0.25, -0.2) is 0 Å². The van der Waals surface area contributed by atoms with E-state index in [0.29, 0.717) is 23.9 Å². The van der Waals surface area contributed by atoms with Crippen LogP contribution in [0.15, 0.2) is 24.3 Å². The maximum Gasteiger partial charge on any atom is 0.257 e. The highest BCUT2D eigenvalue weighted by Crippen LogP contribution is 2.22. The second-order valence-electron chi connectivity index (χ2n) is 3.86. The van der Waals surface area contributed by atoms with Crippen LogP contribution >= 0.6 is 24.0 Å². The summed E-state index contributed by atoms with van der Waals surface area (Å²) in [5.74, 6) is 0.598. The average Bonchev–Trinajstić information content (AvgIpc) is 2.35. The Morgan fingerprint density at radius 1 is 1.50 bits per heavy atom. The minimum absolute atomic E-state index is 0. The van der Waals surface area contributed by atoms with Gasteiger partial charge in [-0.2, -0.15) is 0 Å². The molecule has 0 saturated heterocycles. The van der Waals surface area contributed by atoms with Gasteiger partial charge >= 0.3 is 0 Å². The molecule has 1 aromatic rings. The number of ether oxygens (including phenoxy) is 1. The number of rotatable bonds is 6. The van der Waals surface area contributed by atoms with Crippen molar-refractivity contribution in [1.82, 2.24) is 5.32 Å². The Morgan fingerprint density at radius 2 is 2.17 bits per heavy atom. The van der Waals surface area contributed by atoms with Crippen molar-refractivity contribution < 1.29 is 9.53 Å². The van der Waals surface area contributed by atoms with Crippen LogP contribution < -0.4 is 15.8 Å². The van der Waals surface area contributed by atoms with Crippen LogP contribution in [0.5, 0.6) is 5.75 Å². The predicted molar refractivity (Wildman–Crippen MR) is 75.4 cm³/mol. The second-order valence-corrected chi connectivity index (χ2v) is 4.27. The van der Waals surface area contributed by atoms with Crippen LogP contribution in [0.2, 0.25) is 5.02 Å². The van der Waals surface area contributed by atoms with Crippen LogP contribution in [-0.2, 0) is 4.79 Å². The van der Waals surface area contributed by atoms with E-state index in [1.54, 1.807) is 24.3 Å². The SMILES string of the molecule is CC(CN)CNC(=O)COc1ccccc1Cl.Cl. The van der Waals surface area contributed by atoms with E-state index in [2.05, 4.69) is 5.32 Å². The molecule has 1 amide bonds. The summed E-state index contributed by atoms with van der Waals surface area (Å²) < 4.78 is 5.29. The lowest BCUT2D eigenvalue weighted by atomic mass is 10.2. The first-order valence-corrected chi connectivity index (χ1v) is 5.85. The molecule has 0 bridgehead atoms. The number of carbonyl (C=O) groups excluding carboxylic acids is 1. The molecule has 0 aliphatic carbocycles. The van der Waals surface area contributed by atoms with Gasteiger partial charge < -0.3 is 15.8 Å². The first-order chi connectivity index (χ1) is 8.13. The lowest BCUT2D eigenvalue weighted by Crippen LogP contribution is -2.34. The van der Waals surface area contributed by atoms with Crippen molar-refractivity contribution >= 4 is 29.9 Å². The Bertz CT molecular complexity index is 375. The molecule has 0 spiro atoms. The van der Waals surface area contributed by atoms with Crippen molar-refractivity contribution in [3.63, 3.8) is 0 Å². The largest absolute Gasteiger partial charge is 0.482 e. The van der Waals surface area contributed by atoms with E-state index in [0.717, 1.165) is 0 Å². The quantitative estimate of drug-likeness (QED) is 0.841. The number of nitrogens with one attached hydrogen (secondary N) is 1. The minimum Gasteiger partial charge on any atom is -0.482 e. The number of hydrogen-bond acceptors (Lipinski definition) is 3. The Labute approximate surface area is 118 Å². The maximum atomic E-state index is 11.4. The minimum atomic E-state index is -0.176. The smallest absolute Gasteiger partial charge is 0.257 e. The Balaban J connectivity index is 0.00000289. The third-order valence-corrected chi connectivity index (χ3v) is 2.56. The Hall–Kier alpha value is -0.970. The van der Waals surface area contributed by atoms with Crippen LogP contribution in [0.1, 0.15) is 6.92 Å². The molecule has 18 heavy (non-hydrogen) atoms. The monoisotopic (exact) mass is 292 g/mol. The highest BCUT2D eigenvalue weighted by atomic mass is 35.5. The van der Waals surface area contributed by atoms with Gasteiger partial charge in [-0.1, -0.05) is 30.7 Å². The van der Waals surface area contributed by atoms with Crippen molar-refractivity contribution in [2.45, 2.75) is 6.92 Å². The second kappa shape index (κ2) is 9.03. The number of halogens is 2. The zero-order valence-corrected chi connectivity index (χ0v) is 11.8. The molecule has 0 aliphatic rings. The fourth-order valence-electron chi connectivity index (χ4n) is 1.13. The summed E-state index contributed by atoms with van der Waals surface area (Å²) >= 11 is 5.88. The normalized spacial score (nSPS) is 11.3. The lowest BCUT2D eigenvalue weighted by molar-refractivity contribution is -0.123. The number of amides is 1. The summed E-state index contributed by atoms with van der Waals surface area (Å²) in [6, 6.07) is 7.04. The zero-order valence-electron chi connectivity index (χ0n) is 10.2. The molecule has 0 aliphatic heterocycles. The molecule has 1 rings (SSSR count). The summed E-state index contributed by atoms with van der Waals surface area (Å²) in [7, 11) is 0. The first kappa shape index (κ1) is 17.0. The Morgan fingerprint density at radius 3 is 2.78 bits per heavy atom. The summed E-state index contributed by atoms with van der Waals surface area (Å²) in [6.45, 7) is 3.03. The van der Waals surface area contributed by atoms with Gasteiger partial charge in [0.15, 0.2) is 6.61 Å². The van der Waals surface area contributed by atoms with E-state index in [9.17, 15) is 4.79 Å². The topological polar surface area (TPSA) is 64.3 Å². The molecule has 102 valence electrons. The molecule has 0 fully saturated rings. The standard InChI is InChI=1S/C12H17ClN2O2.ClH/c1-9(6-14)7-15-12(16)8-17-11-5-3-2-4-10(11)13;/h2-5,9H,6-8,14H2,1H3,(H,15,16);1H. The summed E-state index contributed by atoms with van der Waals surface area (Å²) in [6.07, 6.45) is 0. The van der Waals surface area contributed by atoms with E-state index in [1.165, 1.54) is 0 Å². The van der Waals surface area contributed by atoms with Crippen LogP contribution in [0, 0.1) is 5.92 Å². The third-order valence-electron chi connectivity index (χ3n) is 2.25. The average molecular weight is 293 g/mol. The molecule has 0 heterocycles. The van der Waals surface area contributed by atoms with Crippen molar-refractivity contribution in [1.29, 1.82) is 0 Å². The van der Waals surface area contributed by atoms with Crippen LogP contribution in [0.3, 0.4) is 0 Å². The van der Waals surface area contributed by atoms with Crippen LogP contribution in [-0.4, -0.2) is 25.6 Å². The van der Waals surface area contributed by atoms with E-state index in [-0.39, 0.29) is 30.8 Å². The molecule has 1 aromatic carbocycles. The number of benzene rings is 1. The molecule has 4 nitrogen and oxygen atoms in total. The molecule has 0 radical (unpaired) electrons. The fraction of sp³-hybridized carbons (Fsp3) is 0.417. The fourth-order valence-corrected chi connectivity index (χ4v) is 1.32. The molecule has 0 saturated carbocycles. The van der Waals surface area contributed by atoms with Gasteiger partial charge in [-0.3, -0.25) is 4.79 Å². The molecule has 6 heteroatoms. The maximum absolute atomic E-state index is 11.4. The summed E-state index contributed by atoms with van der Waals surface area (Å²) in [5.41, 5.74) is 5.44. The van der Waals surface area contributed by atoms with Gasteiger partial charge in [0.1, 0.15) is 5.75 Å². The van der Waals surface area contributed by atoms with Gasteiger partial charge in [-0.15, -0.1) is 12.4 Å². The highest BCUT2D eigenvalue weighted by molar-refractivity contribution is 6.32. The van der Waals surface area contributed by atoms with Gasteiger partial charge in [0, 0.05) is 6.54 Å². The van der Waals surface area contributed by atoms with Gasteiger partial charge in [-0.05, 0) is 24.6 Å². The number of nitrogens with two attached hydrogens (primary N) is 1. The van der Waals surface area contributed by atoms with E-state index < -0.39 is 0 Å². The van der Waals surface area contributed by atoms with E-state index >= 15 is 0 Å². The molecule has 3 N–H and O–H groups in total. The van der Waals surface area contributed by atoms with Crippen LogP contribution in [0.25, 0.3) is 0 Å². The molecule has 1 unspecified atom stereocenters. The lowest BCUT2D eigenvalue weighted by Gasteiger charge is -2.11. The van der Waals surface area contributed by atoms with Crippen molar-refractivity contribution in [2.24, 2.45) is 11.7 Å². The van der Waals surface area contributed by atoms with Gasteiger partial charge in [0.2, 0.25) is 0 Å². The molecule has 1 atom stereocenters. The Kier molecular flexibility index (Phi) is 8.54. The highest BCUT2D eigenvalue weighted by Gasteiger charge is 2.06. The number of hydrogen-bond donors (Lipinski definition) is 2. The number of para-hydroxylation sites is 1. The third kappa shape index (κ3) is 6.10. The molecular weight excluding hydrogens is 275 g/mol. The van der Waals surface area contributed by atoms with Crippen molar-refractivity contribution in [2.75, 3.05) is 19.7 Å². The van der Waals surface area contributed by atoms with Crippen molar-refractivity contribution in [3.8, 4) is 5.75 Å². The zero-order chi connectivity index (χ0) is 12.7. The predicted octanol–water partition coefficient (Wildman–Crippen LogP) is 1.85. The first-order valence-electron chi connectivity index (χ1n) is 5.47. The summed E-state index contributed by atoms with van der Waals surface area (Å²) in [4.78, 5) is 11.4. The van der Waals surface area contributed by atoms with Crippen molar-refractivity contribution in [3.05, 3.63) is 29.3 Å². The molecule has 0 aromatic heterocycles. The molecular formula is C12H18Cl2N2O2. The summed E-state index contributed by atoms with van der Waals surface area (Å²) in [5, 5.41) is 3.23. The van der Waals surface area contributed by atoms with E-state index in [4.69, 9.17) is 22.1 Å². The number of carbonyl (C=O) groups is 1. The van der Waals surface area contributed by atoms with Gasteiger partial charge in [0.25, 0.3) is 5.91 Å².